The molecule has 0 aliphatic carbocycles. The molecule has 6 heteroatoms. The molecule has 0 radical (unpaired) electrons. The van der Waals surface area contributed by atoms with Gasteiger partial charge in [0.05, 0.1) is 6.21 Å². The Kier molecular flexibility index (Phi) is 4.47. The SMILES string of the molecule is O=C(Nc1cccc(Cl)c1)ON=Cc1cccnc1. The summed E-state index contributed by atoms with van der Waals surface area (Å²) in [5.41, 5.74) is 1.27. The van der Waals surface area contributed by atoms with E-state index in [0.29, 0.717) is 10.7 Å². The van der Waals surface area contributed by atoms with E-state index in [1.165, 1.54) is 6.21 Å². The van der Waals surface area contributed by atoms with Gasteiger partial charge in [0.15, 0.2) is 0 Å². The normalized spacial score (nSPS) is 10.4. The standard InChI is InChI=1S/C13H10ClN3O2/c14-11-4-1-5-12(7-11)17-13(18)19-16-9-10-3-2-6-15-8-10/h1-9H,(H,17,18). The van der Waals surface area contributed by atoms with E-state index in [1.807, 2.05) is 0 Å². The van der Waals surface area contributed by atoms with Crippen molar-refractivity contribution >= 4 is 29.6 Å². The number of carbonyl (C=O) groups excluding carboxylic acids is 1. The maximum Gasteiger partial charge on any atom is 0.437 e. The number of benzene rings is 1. The van der Waals surface area contributed by atoms with Gasteiger partial charge in [-0.05, 0) is 24.3 Å². The van der Waals surface area contributed by atoms with Crippen molar-refractivity contribution in [1.29, 1.82) is 0 Å². The summed E-state index contributed by atoms with van der Waals surface area (Å²) in [4.78, 5) is 19.9. The highest BCUT2D eigenvalue weighted by Gasteiger charge is 2.02. The molecule has 1 N–H and O–H groups in total. The fourth-order valence-corrected chi connectivity index (χ4v) is 1.48. The van der Waals surface area contributed by atoms with Gasteiger partial charge >= 0.3 is 6.09 Å². The van der Waals surface area contributed by atoms with E-state index in [2.05, 4.69) is 20.3 Å². The first-order valence-corrected chi connectivity index (χ1v) is 5.79. The Bertz CT molecular complexity index is 587. The van der Waals surface area contributed by atoms with Crippen LogP contribution in [-0.4, -0.2) is 17.3 Å². The lowest BCUT2D eigenvalue weighted by Crippen LogP contribution is -2.10. The molecule has 0 aliphatic rings. The first-order valence-electron chi connectivity index (χ1n) is 5.41. The van der Waals surface area contributed by atoms with Gasteiger partial charge in [-0.25, -0.2) is 4.79 Å². The number of rotatable bonds is 3. The van der Waals surface area contributed by atoms with Crippen LogP contribution in [0.5, 0.6) is 0 Å². The van der Waals surface area contributed by atoms with E-state index in [4.69, 9.17) is 11.6 Å². The second kappa shape index (κ2) is 6.51. The van der Waals surface area contributed by atoms with Gasteiger partial charge in [0.2, 0.25) is 0 Å². The molecule has 0 aliphatic heterocycles. The Balaban J connectivity index is 1.87. The second-order valence-corrected chi connectivity index (χ2v) is 3.97. The van der Waals surface area contributed by atoms with Crippen LogP contribution in [-0.2, 0) is 4.84 Å². The van der Waals surface area contributed by atoms with E-state index >= 15 is 0 Å². The Morgan fingerprint density at radius 2 is 2.26 bits per heavy atom. The smallest absolute Gasteiger partial charge is 0.298 e. The van der Waals surface area contributed by atoms with Crippen molar-refractivity contribution < 1.29 is 9.63 Å². The second-order valence-electron chi connectivity index (χ2n) is 3.53. The average molecular weight is 276 g/mol. The van der Waals surface area contributed by atoms with Gasteiger partial charge in [0.1, 0.15) is 0 Å². The lowest BCUT2D eigenvalue weighted by Gasteiger charge is -2.02. The molecule has 5 nitrogen and oxygen atoms in total. The van der Waals surface area contributed by atoms with Crippen LogP contribution < -0.4 is 5.32 Å². The molecule has 96 valence electrons. The first kappa shape index (κ1) is 13.0. The van der Waals surface area contributed by atoms with Crippen LogP contribution in [0.3, 0.4) is 0 Å². The maximum absolute atomic E-state index is 11.4. The number of pyridine rings is 1. The number of anilines is 1. The van der Waals surface area contributed by atoms with Crippen LogP contribution >= 0.6 is 11.6 Å². The van der Waals surface area contributed by atoms with Crippen molar-refractivity contribution in [3.63, 3.8) is 0 Å². The highest BCUT2D eigenvalue weighted by atomic mass is 35.5. The Labute approximate surface area is 114 Å². The fraction of sp³-hybridized carbons (Fsp3) is 0. The summed E-state index contributed by atoms with van der Waals surface area (Å²) in [6.07, 6.45) is 3.94. The zero-order valence-electron chi connectivity index (χ0n) is 9.79. The molecule has 0 saturated carbocycles. The Hall–Kier alpha value is -2.40. The lowest BCUT2D eigenvalue weighted by atomic mass is 10.3. The molecule has 0 spiro atoms. The van der Waals surface area contributed by atoms with Gasteiger partial charge in [-0.3, -0.25) is 15.1 Å². The molecule has 1 amide bonds. The van der Waals surface area contributed by atoms with Crippen LogP contribution in [0.2, 0.25) is 5.02 Å². The highest BCUT2D eigenvalue weighted by Crippen LogP contribution is 2.14. The predicted octanol–water partition coefficient (Wildman–Crippen LogP) is 3.32. The summed E-state index contributed by atoms with van der Waals surface area (Å²) in [5, 5.41) is 6.57. The Morgan fingerprint density at radius 3 is 3.00 bits per heavy atom. The van der Waals surface area contributed by atoms with Crippen LogP contribution in [0.4, 0.5) is 10.5 Å². The average Bonchev–Trinajstić information content (AvgIpc) is 2.40. The third-order valence-electron chi connectivity index (χ3n) is 2.09. The molecular weight excluding hydrogens is 266 g/mol. The number of nitrogens with one attached hydrogen (secondary N) is 1. The minimum atomic E-state index is -0.692. The third-order valence-corrected chi connectivity index (χ3v) is 2.33. The van der Waals surface area contributed by atoms with Gasteiger partial charge < -0.3 is 0 Å². The molecular formula is C13H10ClN3O2. The van der Waals surface area contributed by atoms with Crippen LogP contribution in [0, 0.1) is 0 Å². The number of hydrogen-bond acceptors (Lipinski definition) is 4. The largest absolute Gasteiger partial charge is 0.437 e. The van der Waals surface area contributed by atoms with Crippen molar-refractivity contribution in [1.82, 2.24) is 4.98 Å². The molecule has 2 rings (SSSR count). The van der Waals surface area contributed by atoms with Gasteiger partial charge in [-0.1, -0.05) is 28.9 Å². The monoisotopic (exact) mass is 275 g/mol. The number of hydrogen-bond donors (Lipinski definition) is 1. The number of nitrogens with zero attached hydrogens (tertiary/aromatic N) is 2. The summed E-state index contributed by atoms with van der Waals surface area (Å²) >= 11 is 5.78. The number of oxime groups is 1. The zero-order valence-corrected chi connectivity index (χ0v) is 10.5. The van der Waals surface area contributed by atoms with Gasteiger partial charge in [-0.15, -0.1) is 0 Å². The molecule has 0 fully saturated rings. The molecule has 0 saturated heterocycles. The summed E-state index contributed by atoms with van der Waals surface area (Å²) in [5.74, 6) is 0. The fourth-order valence-electron chi connectivity index (χ4n) is 1.29. The molecule has 0 atom stereocenters. The van der Waals surface area contributed by atoms with Gasteiger partial charge in [-0.2, -0.15) is 0 Å². The first-order chi connectivity index (χ1) is 9.24. The number of aromatic nitrogens is 1. The summed E-state index contributed by atoms with van der Waals surface area (Å²) in [7, 11) is 0. The van der Waals surface area contributed by atoms with Crippen molar-refractivity contribution in [3.05, 3.63) is 59.4 Å². The van der Waals surface area contributed by atoms with Gasteiger partial charge in [0, 0.05) is 28.7 Å². The number of halogens is 1. The minimum absolute atomic E-state index is 0.525. The topological polar surface area (TPSA) is 63.6 Å². The van der Waals surface area contributed by atoms with Gasteiger partial charge in [0.25, 0.3) is 0 Å². The van der Waals surface area contributed by atoms with E-state index in [1.54, 1.807) is 48.8 Å². The summed E-state index contributed by atoms with van der Waals surface area (Å²) in [6.45, 7) is 0. The number of amides is 1. The predicted molar refractivity (Wildman–Crippen MR) is 73.4 cm³/mol. The number of carbonyl (C=O) groups is 1. The van der Waals surface area contributed by atoms with Crippen molar-refractivity contribution in [2.45, 2.75) is 0 Å². The highest BCUT2D eigenvalue weighted by molar-refractivity contribution is 6.30. The molecule has 19 heavy (non-hydrogen) atoms. The van der Waals surface area contributed by atoms with E-state index in [-0.39, 0.29) is 0 Å². The van der Waals surface area contributed by atoms with E-state index in [0.717, 1.165) is 5.56 Å². The maximum atomic E-state index is 11.4. The quantitative estimate of drug-likeness (QED) is 0.531. The van der Waals surface area contributed by atoms with Crippen molar-refractivity contribution in [2.24, 2.45) is 5.16 Å². The van der Waals surface area contributed by atoms with Crippen LogP contribution in [0.1, 0.15) is 5.56 Å². The van der Waals surface area contributed by atoms with Crippen LogP contribution in [0.15, 0.2) is 53.9 Å². The molecule has 2 aromatic rings. The van der Waals surface area contributed by atoms with E-state index < -0.39 is 6.09 Å². The van der Waals surface area contributed by atoms with Crippen molar-refractivity contribution in [3.8, 4) is 0 Å². The Morgan fingerprint density at radius 1 is 1.37 bits per heavy atom. The van der Waals surface area contributed by atoms with E-state index in [9.17, 15) is 4.79 Å². The molecule has 0 bridgehead atoms. The van der Waals surface area contributed by atoms with Crippen molar-refractivity contribution in [2.75, 3.05) is 5.32 Å². The molecule has 1 aromatic carbocycles. The lowest BCUT2D eigenvalue weighted by molar-refractivity contribution is 0.167. The summed E-state index contributed by atoms with van der Waals surface area (Å²) in [6, 6.07) is 10.3. The zero-order chi connectivity index (χ0) is 13.5. The summed E-state index contributed by atoms with van der Waals surface area (Å²) < 4.78 is 0. The third kappa shape index (κ3) is 4.40. The molecule has 0 unspecified atom stereocenters. The minimum Gasteiger partial charge on any atom is -0.298 e. The molecule has 1 aromatic heterocycles. The van der Waals surface area contributed by atoms with Crippen LogP contribution in [0.25, 0.3) is 0 Å². The molecule has 1 heterocycles.